The second-order valence-corrected chi connectivity index (χ2v) is 9.29. The molecule has 0 radical (unpaired) electrons. The second kappa shape index (κ2) is 9.08. The van der Waals surface area contributed by atoms with Crippen LogP contribution in [0.1, 0.15) is 49.0 Å². The van der Waals surface area contributed by atoms with Crippen molar-refractivity contribution in [3.05, 3.63) is 71.9 Å². The van der Waals surface area contributed by atoms with E-state index in [1.165, 1.54) is 12.6 Å². The van der Waals surface area contributed by atoms with Crippen molar-refractivity contribution in [1.82, 2.24) is 20.6 Å². The average molecular weight is 462 g/mol. The van der Waals surface area contributed by atoms with Crippen LogP contribution in [-0.2, 0) is 10.2 Å². The molecule has 1 saturated heterocycles. The number of hydrogen-bond acceptors (Lipinski definition) is 9. The summed E-state index contributed by atoms with van der Waals surface area (Å²) < 4.78 is 11.1. The first kappa shape index (κ1) is 22.4. The van der Waals surface area contributed by atoms with Gasteiger partial charge in [-0.15, -0.1) is 0 Å². The van der Waals surface area contributed by atoms with Gasteiger partial charge in [0.2, 0.25) is 0 Å². The first-order valence-corrected chi connectivity index (χ1v) is 11.6. The van der Waals surface area contributed by atoms with Crippen LogP contribution in [-0.4, -0.2) is 47.2 Å². The Kier molecular flexibility index (Phi) is 5.97. The van der Waals surface area contributed by atoms with Crippen molar-refractivity contribution in [2.75, 3.05) is 19.8 Å². The van der Waals surface area contributed by atoms with Crippen LogP contribution in [0.15, 0.2) is 58.6 Å². The molecule has 2 aromatic rings. The average Bonchev–Trinajstić information content (AvgIpc) is 3.42. The summed E-state index contributed by atoms with van der Waals surface area (Å²) >= 11 is 0. The molecule has 2 aliphatic heterocycles. The zero-order chi connectivity index (χ0) is 23.7. The van der Waals surface area contributed by atoms with Crippen LogP contribution in [0, 0.1) is 5.92 Å². The summed E-state index contributed by atoms with van der Waals surface area (Å²) in [6, 6.07) is 8.68. The molecule has 9 heteroatoms. The van der Waals surface area contributed by atoms with Crippen LogP contribution in [0.2, 0.25) is 0 Å². The lowest BCUT2D eigenvalue weighted by atomic mass is 9.62. The molecule has 1 atom stereocenters. The summed E-state index contributed by atoms with van der Waals surface area (Å²) in [5.74, 6) is 1.98. The molecule has 0 spiro atoms. The fraction of sp³-hybridized carbons (Fsp3) is 0.400. The van der Waals surface area contributed by atoms with Crippen molar-refractivity contribution in [3.8, 4) is 0 Å². The summed E-state index contributed by atoms with van der Waals surface area (Å²) in [4.78, 5) is 8.95. The first-order chi connectivity index (χ1) is 16.5. The number of allylic oxidation sites excluding steroid dienone is 1. The number of rotatable bonds is 8. The van der Waals surface area contributed by atoms with Gasteiger partial charge in [-0.2, -0.15) is 4.98 Å². The van der Waals surface area contributed by atoms with Gasteiger partial charge in [-0.3, -0.25) is 0 Å². The normalized spacial score (nSPS) is 21.3. The van der Waals surface area contributed by atoms with Gasteiger partial charge in [-0.05, 0) is 36.8 Å². The van der Waals surface area contributed by atoms with Crippen molar-refractivity contribution in [3.63, 3.8) is 0 Å². The van der Waals surface area contributed by atoms with Gasteiger partial charge in [-0.1, -0.05) is 42.4 Å². The molecule has 1 saturated carbocycles. The third-order valence-electron chi connectivity index (χ3n) is 7.21. The van der Waals surface area contributed by atoms with Crippen molar-refractivity contribution >= 4 is 17.4 Å². The Balaban J connectivity index is 1.42. The molecule has 34 heavy (non-hydrogen) atoms. The Labute approximate surface area is 199 Å². The van der Waals surface area contributed by atoms with Gasteiger partial charge in [0, 0.05) is 30.7 Å². The molecule has 5 rings (SSSR count). The van der Waals surface area contributed by atoms with Gasteiger partial charge < -0.3 is 25.7 Å². The van der Waals surface area contributed by atoms with Crippen molar-refractivity contribution in [2.24, 2.45) is 22.4 Å². The molecule has 1 aromatic carbocycles. The van der Waals surface area contributed by atoms with Crippen LogP contribution < -0.4 is 16.9 Å². The second-order valence-electron chi connectivity index (χ2n) is 9.29. The van der Waals surface area contributed by atoms with E-state index in [1.807, 2.05) is 12.1 Å². The van der Waals surface area contributed by atoms with E-state index in [9.17, 15) is 0 Å². The summed E-state index contributed by atoms with van der Waals surface area (Å²) in [6.07, 6.45) is 8.69. The smallest absolute Gasteiger partial charge is 0.256 e. The SMILES string of the molecule is C=C(N)/N=C\C(=C/N)c1ccc([C@](C)(c2noc(C3=CN(C4COC4)NC3)n2)C2CCC2)cc1. The van der Waals surface area contributed by atoms with Crippen molar-refractivity contribution < 1.29 is 9.26 Å². The molecule has 3 aliphatic rings. The molecular formula is C25H31N7O2. The standard InChI is InChI=1S/C25H31N7O2/c1-16(27)28-11-18(10-26)17-6-8-21(9-7-17)25(2,20-4-3-5-20)24-30-23(34-31-24)19-12-29-32(13-19)22-14-33-15-22/h6-11,13,20,22,29H,1,3-5,12,14-15,26-27H2,2H3/b18-10+,28-11-/t25-/m1/s1. The largest absolute Gasteiger partial charge is 0.404 e. The zero-order valence-corrected chi connectivity index (χ0v) is 19.4. The highest BCUT2D eigenvalue weighted by atomic mass is 16.5. The molecule has 2 fully saturated rings. The predicted molar refractivity (Wildman–Crippen MR) is 131 cm³/mol. The fourth-order valence-corrected chi connectivity index (χ4v) is 4.66. The number of hydrazine groups is 1. The maximum absolute atomic E-state index is 5.81. The molecule has 0 unspecified atom stereocenters. The summed E-state index contributed by atoms with van der Waals surface area (Å²) in [6.45, 7) is 7.94. The highest BCUT2D eigenvalue weighted by molar-refractivity contribution is 6.09. The molecule has 9 nitrogen and oxygen atoms in total. The topological polar surface area (TPSA) is 128 Å². The van der Waals surface area contributed by atoms with Gasteiger partial charge in [0.05, 0.1) is 30.2 Å². The van der Waals surface area contributed by atoms with Gasteiger partial charge in [-0.25, -0.2) is 10.4 Å². The van der Waals surface area contributed by atoms with E-state index in [4.69, 9.17) is 25.7 Å². The van der Waals surface area contributed by atoms with Gasteiger partial charge in [0.1, 0.15) is 5.82 Å². The quantitative estimate of drug-likeness (QED) is 0.512. The number of nitrogens with two attached hydrogens (primary N) is 2. The van der Waals surface area contributed by atoms with E-state index < -0.39 is 0 Å². The van der Waals surface area contributed by atoms with Gasteiger partial charge in [0.15, 0.2) is 5.82 Å². The molecule has 0 amide bonds. The highest BCUT2D eigenvalue weighted by Crippen LogP contribution is 2.47. The minimum atomic E-state index is -0.348. The number of aliphatic imine (C=N–C) groups is 1. The number of nitrogens with zero attached hydrogens (tertiary/aromatic N) is 4. The van der Waals surface area contributed by atoms with E-state index in [2.05, 4.69) is 52.4 Å². The van der Waals surface area contributed by atoms with Crippen LogP contribution in [0.4, 0.5) is 0 Å². The Morgan fingerprint density at radius 1 is 1.29 bits per heavy atom. The summed E-state index contributed by atoms with van der Waals surface area (Å²) in [7, 11) is 0. The van der Waals surface area contributed by atoms with Crippen LogP contribution >= 0.6 is 0 Å². The monoisotopic (exact) mass is 461 g/mol. The Morgan fingerprint density at radius 2 is 2.06 bits per heavy atom. The third kappa shape index (κ3) is 4.01. The van der Waals surface area contributed by atoms with E-state index in [-0.39, 0.29) is 11.2 Å². The molecular weight excluding hydrogens is 430 g/mol. The highest BCUT2D eigenvalue weighted by Gasteiger charge is 2.44. The lowest BCUT2D eigenvalue weighted by Crippen LogP contribution is -2.50. The Hall–Kier alpha value is -3.43. The van der Waals surface area contributed by atoms with Gasteiger partial charge in [0.25, 0.3) is 5.89 Å². The summed E-state index contributed by atoms with van der Waals surface area (Å²) in [5, 5.41) is 6.55. The molecule has 1 aliphatic carbocycles. The number of nitrogens with one attached hydrogen (secondary N) is 1. The van der Waals surface area contributed by atoms with E-state index in [1.54, 1.807) is 6.21 Å². The molecule has 3 heterocycles. The number of benzene rings is 1. The molecule has 5 N–H and O–H groups in total. The first-order valence-electron chi connectivity index (χ1n) is 11.6. The van der Waals surface area contributed by atoms with Crippen LogP contribution in [0.5, 0.6) is 0 Å². The van der Waals surface area contributed by atoms with Crippen molar-refractivity contribution in [1.29, 1.82) is 0 Å². The minimum absolute atomic E-state index is 0.234. The lowest BCUT2D eigenvalue weighted by molar-refractivity contribution is -0.0597. The zero-order valence-electron chi connectivity index (χ0n) is 19.4. The van der Waals surface area contributed by atoms with Crippen LogP contribution in [0.25, 0.3) is 11.1 Å². The van der Waals surface area contributed by atoms with E-state index >= 15 is 0 Å². The Morgan fingerprint density at radius 3 is 2.65 bits per heavy atom. The summed E-state index contributed by atoms with van der Waals surface area (Å²) in [5.41, 5.74) is 18.2. The van der Waals surface area contributed by atoms with Crippen LogP contribution in [0.3, 0.4) is 0 Å². The Bertz CT molecular complexity index is 1140. The van der Waals surface area contributed by atoms with Gasteiger partial charge >= 0.3 is 0 Å². The number of hydrogen-bond donors (Lipinski definition) is 3. The van der Waals surface area contributed by atoms with E-state index in [0.29, 0.717) is 24.4 Å². The minimum Gasteiger partial charge on any atom is -0.404 e. The molecule has 0 bridgehead atoms. The molecule has 178 valence electrons. The van der Waals surface area contributed by atoms with Crippen molar-refractivity contribution in [2.45, 2.75) is 37.6 Å². The fourth-order valence-electron chi connectivity index (χ4n) is 4.66. The molecule has 1 aromatic heterocycles. The van der Waals surface area contributed by atoms with E-state index in [0.717, 1.165) is 54.2 Å². The maximum Gasteiger partial charge on any atom is 0.256 e. The lowest BCUT2D eigenvalue weighted by Gasteiger charge is -2.41. The number of aromatic nitrogens is 2. The third-order valence-corrected chi connectivity index (χ3v) is 7.21. The number of ether oxygens (including phenoxy) is 1. The predicted octanol–water partition coefficient (Wildman–Crippen LogP) is 2.54. The maximum atomic E-state index is 5.81.